The molecule has 0 aromatic heterocycles. The van der Waals surface area contributed by atoms with E-state index in [1.165, 1.54) is 24.3 Å². The maximum atomic E-state index is 12.7. The second-order valence-electron chi connectivity index (χ2n) is 7.70. The molecule has 0 spiro atoms. The lowest BCUT2D eigenvalue weighted by Gasteiger charge is -2.15. The molecule has 0 heterocycles. The smallest absolute Gasteiger partial charge is 0.271 e. The van der Waals surface area contributed by atoms with Gasteiger partial charge in [-0.15, -0.1) is 0 Å². The molecule has 3 rings (SSSR count). The zero-order valence-electron chi connectivity index (χ0n) is 18.3. The van der Waals surface area contributed by atoms with Crippen LogP contribution in [0.2, 0.25) is 0 Å². The van der Waals surface area contributed by atoms with Crippen LogP contribution in [0.5, 0.6) is 0 Å². The first kappa shape index (κ1) is 24.1. The molecule has 3 aromatic carbocycles. The number of hydrogen-bond acceptors (Lipinski definition) is 5. The van der Waals surface area contributed by atoms with Crippen molar-refractivity contribution in [3.05, 3.63) is 99.6 Å². The Morgan fingerprint density at radius 3 is 2.33 bits per heavy atom. The molecule has 172 valence electrons. The summed E-state index contributed by atoms with van der Waals surface area (Å²) in [6.07, 6.45) is 0.547. The largest absolute Gasteiger partial charge is 0.326 e. The molecule has 0 radical (unpaired) electrons. The predicted molar refractivity (Wildman–Crippen MR) is 126 cm³/mol. The first-order valence-electron chi connectivity index (χ1n) is 10.4. The summed E-state index contributed by atoms with van der Waals surface area (Å²) in [5.41, 5.74) is 2.69. The molecule has 0 fully saturated rings. The van der Waals surface area contributed by atoms with Crippen LogP contribution in [-0.2, 0) is 21.2 Å². The number of non-ortho nitro benzene ring substituents is 1. The van der Waals surface area contributed by atoms with E-state index in [-0.39, 0.29) is 29.0 Å². The van der Waals surface area contributed by atoms with Gasteiger partial charge in [0.25, 0.3) is 5.69 Å². The van der Waals surface area contributed by atoms with Crippen LogP contribution in [0.15, 0.2) is 77.7 Å². The second-order valence-corrected chi connectivity index (χ2v) is 9.42. The Bertz CT molecular complexity index is 1240. The van der Waals surface area contributed by atoms with E-state index in [0.717, 1.165) is 16.7 Å². The Kier molecular flexibility index (Phi) is 7.57. The van der Waals surface area contributed by atoms with Crippen LogP contribution in [0.4, 0.5) is 11.4 Å². The first-order chi connectivity index (χ1) is 15.7. The molecule has 3 aromatic rings. The molecule has 8 nitrogen and oxygen atoms in total. The zero-order chi connectivity index (χ0) is 24.0. The summed E-state index contributed by atoms with van der Waals surface area (Å²) in [7, 11) is -3.70. The Labute approximate surface area is 192 Å². The molecule has 2 N–H and O–H groups in total. The maximum Gasteiger partial charge on any atom is 0.271 e. The number of amides is 1. The normalized spacial score (nSPS) is 12.2. The van der Waals surface area contributed by atoms with Crippen molar-refractivity contribution in [3.8, 4) is 0 Å². The first-order valence-corrected chi connectivity index (χ1v) is 11.8. The van der Waals surface area contributed by atoms with Crippen molar-refractivity contribution in [1.29, 1.82) is 0 Å². The maximum absolute atomic E-state index is 12.7. The molecule has 9 heteroatoms. The average molecular weight is 468 g/mol. The lowest BCUT2D eigenvalue weighted by Crippen LogP contribution is -2.26. The Morgan fingerprint density at radius 1 is 1.03 bits per heavy atom. The van der Waals surface area contributed by atoms with Crippen LogP contribution in [-0.4, -0.2) is 19.2 Å². The second kappa shape index (κ2) is 10.4. The molecule has 0 aliphatic heterocycles. The van der Waals surface area contributed by atoms with Crippen LogP contribution in [0.1, 0.15) is 36.1 Å². The predicted octanol–water partition coefficient (Wildman–Crippen LogP) is 4.51. The van der Waals surface area contributed by atoms with Gasteiger partial charge in [0.15, 0.2) is 0 Å². The van der Waals surface area contributed by atoms with Crippen LogP contribution in [0.3, 0.4) is 0 Å². The minimum Gasteiger partial charge on any atom is -0.326 e. The van der Waals surface area contributed by atoms with E-state index in [1.807, 2.05) is 30.3 Å². The molecule has 33 heavy (non-hydrogen) atoms. The molecule has 0 aliphatic rings. The Hall–Kier alpha value is -3.56. The van der Waals surface area contributed by atoms with Crippen molar-refractivity contribution in [1.82, 2.24) is 4.72 Å². The molecule has 0 bridgehead atoms. The highest BCUT2D eigenvalue weighted by Crippen LogP contribution is 2.22. The summed E-state index contributed by atoms with van der Waals surface area (Å²) in [6.45, 7) is 3.54. The fraction of sp³-hybridized carbons (Fsp3) is 0.208. The van der Waals surface area contributed by atoms with E-state index >= 15 is 0 Å². The molecule has 0 unspecified atom stereocenters. The standard InChI is InChI=1S/C24H25N3O5S/c1-17-8-12-21(27(29)30)16-23(17)25-24(28)15-11-19-9-13-22(14-10-19)33(31,32)26-18(2)20-6-4-3-5-7-20/h3-10,12-14,16,18,26H,11,15H2,1-2H3,(H,25,28)/t18-/m1/s1. The van der Waals surface area contributed by atoms with E-state index in [2.05, 4.69) is 10.0 Å². The minimum absolute atomic E-state index is 0.0945. The van der Waals surface area contributed by atoms with Gasteiger partial charge in [-0.05, 0) is 49.1 Å². The van der Waals surface area contributed by atoms with Crippen molar-refractivity contribution >= 4 is 27.3 Å². The molecule has 1 amide bonds. The van der Waals surface area contributed by atoms with Crippen LogP contribution in [0, 0.1) is 17.0 Å². The summed E-state index contributed by atoms with van der Waals surface area (Å²) in [6, 6.07) is 19.6. The molecule has 0 saturated carbocycles. The van der Waals surface area contributed by atoms with E-state index in [0.29, 0.717) is 12.1 Å². The average Bonchev–Trinajstić information content (AvgIpc) is 2.79. The highest BCUT2D eigenvalue weighted by Gasteiger charge is 2.18. The van der Waals surface area contributed by atoms with E-state index in [1.54, 1.807) is 32.0 Å². The van der Waals surface area contributed by atoms with Gasteiger partial charge in [-0.3, -0.25) is 14.9 Å². The number of nitro benzene ring substituents is 1. The highest BCUT2D eigenvalue weighted by atomic mass is 32.2. The number of hydrogen-bond donors (Lipinski definition) is 2. The SMILES string of the molecule is Cc1ccc([N+](=O)[O-])cc1NC(=O)CCc1ccc(S(=O)(=O)N[C@H](C)c2ccccc2)cc1. The number of carbonyl (C=O) groups excluding carboxylic acids is 1. The molecular weight excluding hydrogens is 442 g/mol. The van der Waals surface area contributed by atoms with Crippen molar-refractivity contribution < 1.29 is 18.1 Å². The van der Waals surface area contributed by atoms with Gasteiger partial charge >= 0.3 is 0 Å². The molecule has 1 atom stereocenters. The van der Waals surface area contributed by atoms with Gasteiger partial charge in [0.2, 0.25) is 15.9 Å². The third kappa shape index (κ3) is 6.47. The summed E-state index contributed by atoms with van der Waals surface area (Å²) in [5, 5.41) is 13.6. The van der Waals surface area contributed by atoms with Gasteiger partial charge in [-0.1, -0.05) is 48.5 Å². The third-order valence-electron chi connectivity index (χ3n) is 5.21. The van der Waals surface area contributed by atoms with Gasteiger partial charge in [-0.25, -0.2) is 13.1 Å². The number of anilines is 1. The van der Waals surface area contributed by atoms with Crippen LogP contribution < -0.4 is 10.0 Å². The number of aryl methyl sites for hydroxylation is 2. The highest BCUT2D eigenvalue weighted by molar-refractivity contribution is 7.89. The summed E-state index contributed by atoms with van der Waals surface area (Å²) in [5.74, 6) is -0.284. The van der Waals surface area contributed by atoms with E-state index < -0.39 is 14.9 Å². The lowest BCUT2D eigenvalue weighted by molar-refractivity contribution is -0.384. The monoisotopic (exact) mass is 467 g/mol. The van der Waals surface area contributed by atoms with Gasteiger partial charge in [-0.2, -0.15) is 0 Å². The van der Waals surface area contributed by atoms with Crippen LogP contribution >= 0.6 is 0 Å². The van der Waals surface area contributed by atoms with Crippen molar-refractivity contribution in [3.63, 3.8) is 0 Å². The van der Waals surface area contributed by atoms with Gasteiger partial charge in [0.05, 0.1) is 15.5 Å². The zero-order valence-corrected chi connectivity index (χ0v) is 19.1. The Balaban J connectivity index is 1.59. The van der Waals surface area contributed by atoms with Gasteiger partial charge in [0, 0.05) is 24.6 Å². The fourth-order valence-corrected chi connectivity index (χ4v) is 4.51. The van der Waals surface area contributed by atoms with Crippen molar-refractivity contribution in [2.45, 2.75) is 37.6 Å². The molecule has 0 saturated heterocycles. The lowest BCUT2D eigenvalue weighted by atomic mass is 10.1. The number of sulfonamides is 1. The molecular formula is C24H25N3O5S. The minimum atomic E-state index is -3.70. The van der Waals surface area contributed by atoms with Crippen molar-refractivity contribution in [2.75, 3.05) is 5.32 Å². The number of carbonyl (C=O) groups is 1. The van der Waals surface area contributed by atoms with Crippen molar-refractivity contribution in [2.24, 2.45) is 0 Å². The molecule has 0 aliphatic carbocycles. The number of benzene rings is 3. The summed E-state index contributed by atoms with van der Waals surface area (Å²) >= 11 is 0. The third-order valence-corrected chi connectivity index (χ3v) is 6.77. The number of nitrogens with one attached hydrogen (secondary N) is 2. The number of nitro groups is 1. The van der Waals surface area contributed by atoms with E-state index in [4.69, 9.17) is 0 Å². The number of nitrogens with zero attached hydrogens (tertiary/aromatic N) is 1. The number of rotatable bonds is 9. The topological polar surface area (TPSA) is 118 Å². The quantitative estimate of drug-likeness (QED) is 0.354. The summed E-state index contributed by atoms with van der Waals surface area (Å²) < 4.78 is 28.0. The summed E-state index contributed by atoms with van der Waals surface area (Å²) in [4.78, 5) is 22.9. The Morgan fingerprint density at radius 2 is 1.70 bits per heavy atom. The van der Waals surface area contributed by atoms with Crippen LogP contribution in [0.25, 0.3) is 0 Å². The fourth-order valence-electron chi connectivity index (χ4n) is 3.27. The van der Waals surface area contributed by atoms with Gasteiger partial charge < -0.3 is 5.32 Å². The van der Waals surface area contributed by atoms with Gasteiger partial charge in [0.1, 0.15) is 0 Å². The van der Waals surface area contributed by atoms with E-state index in [9.17, 15) is 23.3 Å².